The van der Waals surface area contributed by atoms with Crippen molar-refractivity contribution in [3.8, 4) is 0 Å². The van der Waals surface area contributed by atoms with E-state index < -0.39 is 0 Å². The van der Waals surface area contributed by atoms with Crippen LogP contribution in [0.4, 0.5) is 10.9 Å². The lowest BCUT2D eigenvalue weighted by molar-refractivity contribution is -0.116. The molecule has 1 amide bonds. The lowest BCUT2D eigenvalue weighted by Gasteiger charge is -2.35. The van der Waals surface area contributed by atoms with Crippen molar-refractivity contribution in [2.24, 2.45) is 0 Å². The van der Waals surface area contributed by atoms with Crippen molar-refractivity contribution in [2.45, 2.75) is 6.42 Å². The summed E-state index contributed by atoms with van der Waals surface area (Å²) < 4.78 is 0. The maximum Gasteiger partial charge on any atom is 0.227 e. The Morgan fingerprint density at radius 3 is 2.78 bits per heavy atom. The van der Waals surface area contributed by atoms with Crippen molar-refractivity contribution >= 4 is 39.8 Å². The van der Waals surface area contributed by atoms with Gasteiger partial charge in [-0.3, -0.25) is 9.69 Å². The molecule has 23 heavy (non-hydrogen) atoms. The standard InChI is InChI=1S/C15H18ClN5OS/c16-12-2-1-4-17-14(12)21-9-7-20(8-10-21)6-3-13(22)19-15-18-5-11-23-15/h1-2,4-5,11H,3,6-10H2,(H,18,19,22). The molecule has 0 radical (unpaired) electrons. The van der Waals surface area contributed by atoms with Crippen molar-refractivity contribution in [1.82, 2.24) is 14.9 Å². The van der Waals surface area contributed by atoms with Crippen LogP contribution in [-0.2, 0) is 4.79 Å². The number of piperazine rings is 1. The fourth-order valence-corrected chi connectivity index (χ4v) is 3.31. The highest BCUT2D eigenvalue weighted by Crippen LogP contribution is 2.23. The van der Waals surface area contributed by atoms with Crippen molar-refractivity contribution < 1.29 is 4.79 Å². The zero-order chi connectivity index (χ0) is 16.1. The molecule has 2 aromatic rings. The van der Waals surface area contributed by atoms with E-state index in [1.807, 2.05) is 17.5 Å². The number of hydrogen-bond acceptors (Lipinski definition) is 6. The SMILES string of the molecule is O=C(CCN1CCN(c2ncccc2Cl)CC1)Nc1nccs1. The molecule has 1 aliphatic heterocycles. The Hall–Kier alpha value is -1.70. The van der Waals surface area contributed by atoms with Gasteiger partial charge >= 0.3 is 0 Å². The molecule has 6 nitrogen and oxygen atoms in total. The van der Waals surface area contributed by atoms with Gasteiger partial charge in [0.05, 0.1) is 5.02 Å². The highest BCUT2D eigenvalue weighted by molar-refractivity contribution is 7.13. The Balaban J connectivity index is 1.43. The van der Waals surface area contributed by atoms with Gasteiger partial charge in [-0.2, -0.15) is 0 Å². The van der Waals surface area contributed by atoms with E-state index in [0.717, 1.165) is 38.5 Å². The smallest absolute Gasteiger partial charge is 0.227 e. The molecule has 1 fully saturated rings. The van der Waals surface area contributed by atoms with Gasteiger partial charge in [0, 0.05) is 56.9 Å². The molecule has 1 aliphatic rings. The highest BCUT2D eigenvalue weighted by atomic mass is 35.5. The maximum atomic E-state index is 11.9. The first-order valence-corrected chi connectivity index (χ1v) is 8.75. The lowest BCUT2D eigenvalue weighted by Crippen LogP contribution is -2.47. The average molecular weight is 352 g/mol. The minimum atomic E-state index is 0.00940. The summed E-state index contributed by atoms with van der Waals surface area (Å²) in [5, 5.41) is 5.99. The molecular weight excluding hydrogens is 334 g/mol. The normalized spacial score (nSPS) is 15.6. The topological polar surface area (TPSA) is 61.4 Å². The second-order valence-corrected chi connectivity index (χ2v) is 6.57. The number of carbonyl (C=O) groups is 1. The molecule has 1 N–H and O–H groups in total. The summed E-state index contributed by atoms with van der Waals surface area (Å²) in [6.07, 6.45) is 3.92. The second-order valence-electron chi connectivity index (χ2n) is 5.27. The zero-order valence-electron chi connectivity index (χ0n) is 12.6. The Labute approximate surface area is 144 Å². The lowest BCUT2D eigenvalue weighted by atomic mass is 10.2. The molecule has 3 heterocycles. The van der Waals surface area contributed by atoms with E-state index >= 15 is 0 Å². The Kier molecular flexibility index (Phi) is 5.43. The van der Waals surface area contributed by atoms with E-state index in [1.54, 1.807) is 12.4 Å². The van der Waals surface area contributed by atoms with E-state index in [2.05, 4.69) is 25.1 Å². The van der Waals surface area contributed by atoms with Crippen LogP contribution in [0.25, 0.3) is 0 Å². The van der Waals surface area contributed by atoms with E-state index in [-0.39, 0.29) is 5.91 Å². The number of amides is 1. The first-order valence-electron chi connectivity index (χ1n) is 7.49. The number of hydrogen-bond donors (Lipinski definition) is 1. The number of anilines is 2. The minimum absolute atomic E-state index is 0.00940. The van der Waals surface area contributed by atoms with Gasteiger partial charge in [-0.25, -0.2) is 9.97 Å². The number of nitrogens with one attached hydrogen (secondary N) is 1. The average Bonchev–Trinajstić information content (AvgIpc) is 3.07. The van der Waals surface area contributed by atoms with Crippen LogP contribution in [0.15, 0.2) is 29.9 Å². The fraction of sp³-hybridized carbons (Fsp3) is 0.400. The molecule has 0 atom stereocenters. The summed E-state index contributed by atoms with van der Waals surface area (Å²) in [5.41, 5.74) is 0. The number of nitrogens with zero attached hydrogens (tertiary/aromatic N) is 4. The van der Waals surface area contributed by atoms with Gasteiger partial charge in [0.15, 0.2) is 5.13 Å². The molecule has 0 aliphatic carbocycles. The molecule has 3 rings (SSSR count). The van der Waals surface area contributed by atoms with Crippen molar-refractivity contribution in [1.29, 1.82) is 0 Å². The number of rotatable bonds is 5. The van der Waals surface area contributed by atoms with Crippen molar-refractivity contribution in [3.63, 3.8) is 0 Å². The van der Waals surface area contributed by atoms with Crippen LogP contribution >= 0.6 is 22.9 Å². The Bertz CT molecular complexity index is 643. The van der Waals surface area contributed by atoms with Gasteiger partial charge in [0.25, 0.3) is 0 Å². The fourth-order valence-electron chi connectivity index (χ4n) is 2.52. The third-order valence-corrected chi connectivity index (χ3v) is 4.73. The second kappa shape index (κ2) is 7.72. The predicted molar refractivity (Wildman–Crippen MR) is 93.3 cm³/mol. The van der Waals surface area contributed by atoms with Gasteiger partial charge in [0.1, 0.15) is 5.82 Å². The first-order chi connectivity index (χ1) is 11.2. The largest absolute Gasteiger partial charge is 0.353 e. The summed E-state index contributed by atoms with van der Waals surface area (Å²) in [5.74, 6) is 0.852. The number of carbonyl (C=O) groups excluding carboxylic acids is 1. The number of halogens is 1. The minimum Gasteiger partial charge on any atom is -0.353 e. The van der Waals surface area contributed by atoms with Crippen LogP contribution < -0.4 is 10.2 Å². The van der Waals surface area contributed by atoms with Gasteiger partial charge in [-0.1, -0.05) is 11.6 Å². The van der Waals surface area contributed by atoms with Crippen molar-refractivity contribution in [3.05, 3.63) is 34.9 Å². The molecule has 0 unspecified atom stereocenters. The van der Waals surface area contributed by atoms with Gasteiger partial charge in [-0.15, -0.1) is 11.3 Å². The molecular formula is C15H18ClN5OS. The molecule has 122 valence electrons. The third-order valence-electron chi connectivity index (χ3n) is 3.74. The molecule has 0 bridgehead atoms. The first kappa shape index (κ1) is 16.2. The number of thiazole rings is 1. The third kappa shape index (κ3) is 4.40. The Morgan fingerprint density at radius 1 is 1.26 bits per heavy atom. The van der Waals surface area contributed by atoms with Gasteiger partial charge in [-0.05, 0) is 12.1 Å². The quantitative estimate of drug-likeness (QED) is 0.896. The van der Waals surface area contributed by atoms with Gasteiger partial charge < -0.3 is 10.2 Å². The summed E-state index contributed by atoms with van der Waals surface area (Å²) in [7, 11) is 0. The van der Waals surface area contributed by atoms with Crippen LogP contribution in [0.3, 0.4) is 0 Å². The molecule has 0 aromatic carbocycles. The van der Waals surface area contributed by atoms with E-state index in [4.69, 9.17) is 11.6 Å². The zero-order valence-corrected chi connectivity index (χ0v) is 14.2. The predicted octanol–water partition coefficient (Wildman–Crippen LogP) is 2.34. The maximum absolute atomic E-state index is 11.9. The number of aromatic nitrogens is 2. The molecule has 1 saturated heterocycles. The van der Waals surface area contributed by atoms with Crippen LogP contribution in [0, 0.1) is 0 Å². The Morgan fingerprint density at radius 2 is 2.09 bits per heavy atom. The highest BCUT2D eigenvalue weighted by Gasteiger charge is 2.20. The molecule has 2 aromatic heterocycles. The monoisotopic (exact) mass is 351 g/mol. The number of pyridine rings is 1. The van der Waals surface area contributed by atoms with E-state index in [0.29, 0.717) is 16.6 Å². The summed E-state index contributed by atoms with van der Waals surface area (Å²) >= 11 is 7.62. The van der Waals surface area contributed by atoms with Crippen molar-refractivity contribution in [2.75, 3.05) is 42.9 Å². The molecule has 0 spiro atoms. The van der Waals surface area contributed by atoms with Crippen LogP contribution in [0.2, 0.25) is 5.02 Å². The summed E-state index contributed by atoms with van der Waals surface area (Å²) in [6.45, 7) is 4.28. The van der Waals surface area contributed by atoms with Crippen LogP contribution in [0.5, 0.6) is 0 Å². The van der Waals surface area contributed by atoms with Gasteiger partial charge in [0.2, 0.25) is 5.91 Å². The van der Waals surface area contributed by atoms with Crippen LogP contribution in [0.1, 0.15) is 6.42 Å². The molecule has 0 saturated carbocycles. The van der Waals surface area contributed by atoms with Crippen LogP contribution in [-0.4, -0.2) is 53.5 Å². The summed E-state index contributed by atoms with van der Waals surface area (Å²) in [6, 6.07) is 3.70. The summed E-state index contributed by atoms with van der Waals surface area (Å²) in [4.78, 5) is 24.7. The van der Waals surface area contributed by atoms with E-state index in [9.17, 15) is 4.79 Å². The molecule has 8 heteroatoms. The van der Waals surface area contributed by atoms with E-state index in [1.165, 1.54) is 11.3 Å².